The summed E-state index contributed by atoms with van der Waals surface area (Å²) in [5.41, 5.74) is 0.378. The van der Waals surface area contributed by atoms with E-state index in [-0.39, 0.29) is 36.0 Å². The predicted molar refractivity (Wildman–Crippen MR) is 135 cm³/mol. The molecule has 0 radical (unpaired) electrons. The lowest BCUT2D eigenvalue weighted by Gasteiger charge is -2.29. The summed E-state index contributed by atoms with van der Waals surface area (Å²) in [7, 11) is 0. The topological polar surface area (TPSA) is 104 Å². The van der Waals surface area contributed by atoms with Gasteiger partial charge in [0.15, 0.2) is 0 Å². The maximum Gasteiger partial charge on any atom is 0.243 e. The van der Waals surface area contributed by atoms with Crippen LogP contribution in [0.4, 0.5) is 0 Å². The number of carbonyl (C=O) groups is 4. The molecule has 2 unspecified atom stereocenters. The van der Waals surface area contributed by atoms with Crippen molar-refractivity contribution in [1.82, 2.24) is 16.0 Å². The molecule has 4 atom stereocenters. The molecule has 35 heavy (non-hydrogen) atoms. The van der Waals surface area contributed by atoms with Crippen LogP contribution in [0.5, 0.6) is 0 Å². The Morgan fingerprint density at radius 1 is 1.06 bits per heavy atom. The molecule has 1 aromatic carbocycles. The van der Waals surface area contributed by atoms with Gasteiger partial charge < -0.3 is 20.7 Å². The molecule has 7 nitrogen and oxygen atoms in total. The number of benzene rings is 1. The quantitative estimate of drug-likeness (QED) is 0.444. The first-order valence-electron chi connectivity index (χ1n) is 12.9. The normalized spacial score (nSPS) is 29.6. The molecule has 2 aliphatic rings. The highest BCUT2D eigenvalue weighted by atomic mass is 16.2. The van der Waals surface area contributed by atoms with Crippen molar-refractivity contribution in [3.05, 3.63) is 48.0 Å². The highest BCUT2D eigenvalue weighted by Crippen LogP contribution is 2.36. The highest BCUT2D eigenvalue weighted by Gasteiger charge is 2.43. The number of allylic oxidation sites excluding steroid dienone is 2. The van der Waals surface area contributed by atoms with Crippen LogP contribution in [0, 0.1) is 17.3 Å². The smallest absolute Gasteiger partial charge is 0.243 e. The standard InChI is InChI=1S/C28H39N3O4/c1-20(2)16-24-26(34)30-23(19-32)18-28(14-15-29-27(28)35)13-9-4-3-8-12-22(25(33)31-24)17-21-10-6-5-7-11-21/h4-7,9-11,19-20,22-24H,3,8,12-18H2,1-2H3,(H,29,35)(H,30,34)(H,31,33)/b9-4+/t22?,23-,24-,28?/m0/s1. The van der Waals surface area contributed by atoms with Gasteiger partial charge in [0.05, 0.1) is 11.5 Å². The highest BCUT2D eigenvalue weighted by molar-refractivity contribution is 5.90. The summed E-state index contributed by atoms with van der Waals surface area (Å²) < 4.78 is 0. The van der Waals surface area contributed by atoms with Crippen LogP contribution in [0.1, 0.15) is 64.4 Å². The fourth-order valence-corrected chi connectivity index (χ4v) is 5.15. The van der Waals surface area contributed by atoms with Gasteiger partial charge in [-0.3, -0.25) is 14.4 Å². The molecule has 1 spiro atoms. The maximum absolute atomic E-state index is 13.4. The van der Waals surface area contributed by atoms with Crippen molar-refractivity contribution in [1.29, 1.82) is 0 Å². The summed E-state index contributed by atoms with van der Waals surface area (Å²) in [5, 5.41) is 8.70. The van der Waals surface area contributed by atoms with Crippen molar-refractivity contribution in [2.24, 2.45) is 17.3 Å². The van der Waals surface area contributed by atoms with E-state index in [1.807, 2.05) is 50.3 Å². The second kappa shape index (κ2) is 12.7. The lowest BCUT2D eigenvalue weighted by molar-refractivity contribution is -0.133. The van der Waals surface area contributed by atoms with Crippen LogP contribution in [0.15, 0.2) is 42.5 Å². The Morgan fingerprint density at radius 3 is 2.49 bits per heavy atom. The minimum absolute atomic E-state index is 0.0671. The average molecular weight is 482 g/mol. The predicted octanol–water partition coefficient (Wildman–Crippen LogP) is 3.09. The molecule has 7 heteroatoms. The molecule has 0 aromatic heterocycles. The minimum atomic E-state index is -0.795. The van der Waals surface area contributed by atoms with Gasteiger partial charge in [-0.25, -0.2) is 0 Å². The largest absolute Gasteiger partial charge is 0.356 e. The van der Waals surface area contributed by atoms with E-state index in [1.165, 1.54) is 0 Å². The summed E-state index contributed by atoms with van der Waals surface area (Å²) in [5.74, 6) is -0.661. The molecule has 190 valence electrons. The Hall–Kier alpha value is -2.96. The van der Waals surface area contributed by atoms with Crippen molar-refractivity contribution >= 4 is 24.0 Å². The lowest BCUT2D eigenvalue weighted by atomic mass is 9.77. The van der Waals surface area contributed by atoms with Crippen molar-refractivity contribution in [3.63, 3.8) is 0 Å². The molecular formula is C28H39N3O4. The molecule has 2 heterocycles. The van der Waals surface area contributed by atoms with Crippen LogP contribution in [0.2, 0.25) is 0 Å². The van der Waals surface area contributed by atoms with Crippen LogP contribution in [0.25, 0.3) is 0 Å². The molecule has 0 aliphatic carbocycles. The second-order valence-corrected chi connectivity index (χ2v) is 10.4. The van der Waals surface area contributed by atoms with E-state index in [4.69, 9.17) is 0 Å². The first kappa shape index (κ1) is 26.6. The van der Waals surface area contributed by atoms with E-state index in [2.05, 4.69) is 22.0 Å². The molecule has 3 amide bonds. The third kappa shape index (κ3) is 7.51. The van der Waals surface area contributed by atoms with Crippen LogP contribution in [-0.2, 0) is 25.6 Å². The monoisotopic (exact) mass is 481 g/mol. The third-order valence-corrected chi connectivity index (χ3v) is 7.11. The molecule has 3 N–H and O–H groups in total. The summed E-state index contributed by atoms with van der Waals surface area (Å²) in [4.78, 5) is 51.3. The van der Waals surface area contributed by atoms with Crippen LogP contribution >= 0.6 is 0 Å². The SMILES string of the molecule is CC(C)C[C@@H]1NC(=O)C(Cc2ccccc2)CCC/C=C/CC2(CCNC2=O)C[C@@H](C=O)NC1=O. The van der Waals surface area contributed by atoms with E-state index in [0.717, 1.165) is 18.4 Å². The fraction of sp³-hybridized carbons (Fsp3) is 0.571. The molecule has 1 aromatic rings. The molecule has 0 saturated carbocycles. The Bertz CT molecular complexity index is 914. The Balaban J connectivity index is 1.86. The van der Waals surface area contributed by atoms with Gasteiger partial charge in [0.25, 0.3) is 0 Å². The molecule has 2 aliphatic heterocycles. The van der Waals surface area contributed by atoms with E-state index >= 15 is 0 Å². The number of rotatable bonds is 5. The van der Waals surface area contributed by atoms with Gasteiger partial charge in [-0.2, -0.15) is 0 Å². The fourth-order valence-electron chi connectivity index (χ4n) is 5.15. The van der Waals surface area contributed by atoms with Crippen molar-refractivity contribution in [3.8, 4) is 0 Å². The van der Waals surface area contributed by atoms with Gasteiger partial charge in [0.2, 0.25) is 17.7 Å². The minimum Gasteiger partial charge on any atom is -0.356 e. The number of carbonyl (C=O) groups excluding carboxylic acids is 4. The average Bonchev–Trinajstić information content (AvgIpc) is 3.18. The molecule has 1 saturated heterocycles. The van der Waals surface area contributed by atoms with Gasteiger partial charge in [-0.15, -0.1) is 0 Å². The van der Waals surface area contributed by atoms with Crippen molar-refractivity contribution < 1.29 is 19.2 Å². The van der Waals surface area contributed by atoms with E-state index in [1.54, 1.807) is 0 Å². The molecule has 3 rings (SSSR count). The number of amides is 3. The zero-order chi connectivity index (χ0) is 25.3. The third-order valence-electron chi connectivity index (χ3n) is 7.11. The van der Waals surface area contributed by atoms with Crippen LogP contribution < -0.4 is 16.0 Å². The van der Waals surface area contributed by atoms with E-state index in [0.29, 0.717) is 44.9 Å². The first-order valence-corrected chi connectivity index (χ1v) is 12.9. The van der Waals surface area contributed by atoms with Gasteiger partial charge in [-0.05, 0) is 62.8 Å². The summed E-state index contributed by atoms with van der Waals surface area (Å²) in [6.07, 6.45) is 9.60. The van der Waals surface area contributed by atoms with Gasteiger partial charge in [0, 0.05) is 12.5 Å². The van der Waals surface area contributed by atoms with E-state index in [9.17, 15) is 19.2 Å². The van der Waals surface area contributed by atoms with Crippen LogP contribution in [0.3, 0.4) is 0 Å². The Labute approximate surface area is 208 Å². The number of hydrogen-bond donors (Lipinski definition) is 3. The molecular weight excluding hydrogens is 442 g/mol. The molecule has 0 bridgehead atoms. The van der Waals surface area contributed by atoms with Gasteiger partial charge in [-0.1, -0.05) is 56.3 Å². The number of hydrogen-bond acceptors (Lipinski definition) is 4. The number of nitrogens with one attached hydrogen (secondary N) is 3. The first-order chi connectivity index (χ1) is 16.8. The van der Waals surface area contributed by atoms with E-state index < -0.39 is 17.5 Å². The van der Waals surface area contributed by atoms with Gasteiger partial charge >= 0.3 is 0 Å². The Morgan fingerprint density at radius 2 is 1.83 bits per heavy atom. The van der Waals surface area contributed by atoms with Crippen molar-refractivity contribution in [2.75, 3.05) is 6.54 Å². The lowest BCUT2D eigenvalue weighted by Crippen LogP contribution is -2.53. The maximum atomic E-state index is 13.4. The summed E-state index contributed by atoms with van der Waals surface area (Å²) in [6, 6.07) is 8.38. The zero-order valence-electron chi connectivity index (χ0n) is 20.9. The summed E-state index contributed by atoms with van der Waals surface area (Å²) in [6.45, 7) is 4.56. The number of aldehydes is 1. The zero-order valence-corrected chi connectivity index (χ0v) is 20.9. The molecule has 1 fully saturated rings. The van der Waals surface area contributed by atoms with Crippen molar-refractivity contribution in [2.45, 2.75) is 77.3 Å². The Kier molecular flexibility index (Phi) is 9.64. The van der Waals surface area contributed by atoms with Gasteiger partial charge in [0.1, 0.15) is 12.3 Å². The summed E-state index contributed by atoms with van der Waals surface area (Å²) >= 11 is 0. The second-order valence-electron chi connectivity index (χ2n) is 10.4. The van der Waals surface area contributed by atoms with Crippen LogP contribution in [-0.4, -0.2) is 42.6 Å².